The summed E-state index contributed by atoms with van der Waals surface area (Å²) in [6, 6.07) is 4.07. The Morgan fingerprint density at radius 2 is 2.00 bits per heavy atom. The molecule has 2 rings (SSSR count). The summed E-state index contributed by atoms with van der Waals surface area (Å²) in [5.74, 6) is -0.769. The molecule has 0 spiro atoms. The molecule has 15 heavy (non-hydrogen) atoms. The Kier molecular flexibility index (Phi) is 2.86. The molecule has 1 fully saturated rings. The average molecular weight is 224 g/mol. The molecule has 1 aromatic heterocycles. The molecule has 0 N–H and O–H groups in total. The zero-order valence-electron chi connectivity index (χ0n) is 8.49. The van der Waals surface area contributed by atoms with Crippen molar-refractivity contribution in [1.82, 2.24) is 0 Å². The minimum Gasteiger partial charge on any atom is -0.393 e. The molecule has 0 bridgehead atoms. The average Bonchev–Trinajstić information content (AvgIpc) is 2.64. The zero-order chi connectivity index (χ0) is 10.8. The van der Waals surface area contributed by atoms with Crippen molar-refractivity contribution in [2.24, 2.45) is 0 Å². The Morgan fingerprint density at radius 3 is 2.53 bits per heavy atom. The van der Waals surface area contributed by atoms with Gasteiger partial charge in [-0.15, -0.1) is 11.3 Å². The predicted molar refractivity (Wildman–Crippen MR) is 56.8 cm³/mol. The maximum Gasteiger partial charge on any atom is 0.314 e. The van der Waals surface area contributed by atoms with Gasteiger partial charge in [0.15, 0.2) is 0 Å². The van der Waals surface area contributed by atoms with Crippen LogP contribution in [0.2, 0.25) is 0 Å². The minimum atomic E-state index is -0.400. The molecule has 80 valence electrons. The number of esters is 2. The molecule has 1 saturated heterocycles. The van der Waals surface area contributed by atoms with E-state index in [0.29, 0.717) is 12.8 Å². The molecule has 4 heteroatoms. The molecule has 3 nitrogen and oxygen atoms in total. The summed E-state index contributed by atoms with van der Waals surface area (Å²) in [5, 5.41) is 0. The van der Waals surface area contributed by atoms with Crippen LogP contribution < -0.4 is 0 Å². The summed E-state index contributed by atoms with van der Waals surface area (Å²) in [6.07, 6.45) is 1.65. The first-order valence-corrected chi connectivity index (χ1v) is 5.82. The maximum absolute atomic E-state index is 11.1. The molecule has 1 aliphatic heterocycles. The number of hydrogen-bond acceptors (Lipinski definition) is 4. The first-order valence-electron chi connectivity index (χ1n) is 5.01. The normalized spacial score (nSPS) is 17.9. The molecular formula is C11H12O3S. The molecule has 0 aliphatic carbocycles. The van der Waals surface area contributed by atoms with Crippen LogP contribution in [0.4, 0.5) is 0 Å². The highest BCUT2D eigenvalue weighted by molar-refractivity contribution is 7.12. The highest BCUT2D eigenvalue weighted by atomic mass is 32.1. The van der Waals surface area contributed by atoms with Crippen molar-refractivity contribution in [3.05, 3.63) is 21.9 Å². The molecule has 1 aromatic rings. The van der Waals surface area contributed by atoms with Gasteiger partial charge in [-0.1, -0.05) is 6.92 Å². The molecule has 0 aromatic carbocycles. The number of rotatable bonds is 2. The van der Waals surface area contributed by atoms with Gasteiger partial charge in [-0.05, 0) is 18.6 Å². The Hall–Kier alpha value is -1.16. The maximum atomic E-state index is 11.1. The summed E-state index contributed by atoms with van der Waals surface area (Å²) < 4.78 is 4.50. The van der Waals surface area contributed by atoms with E-state index in [1.807, 2.05) is 6.07 Å². The lowest BCUT2D eigenvalue weighted by Crippen LogP contribution is -2.23. The van der Waals surface area contributed by atoms with Gasteiger partial charge in [-0.25, -0.2) is 0 Å². The number of carbonyl (C=O) groups excluding carboxylic acids is 2. The number of aryl methyl sites for hydroxylation is 1. The van der Waals surface area contributed by atoms with Crippen molar-refractivity contribution in [3.8, 4) is 0 Å². The second-order valence-corrected chi connectivity index (χ2v) is 4.81. The standard InChI is InChI=1S/C11H12O3S/c1-2-8-3-4-9(15-8)7-5-10(12)14-11(13)6-7/h3-4,7H,2,5-6H2,1H3. The third-order valence-electron chi connectivity index (χ3n) is 2.49. The van der Waals surface area contributed by atoms with E-state index in [4.69, 9.17) is 0 Å². The highest BCUT2D eigenvalue weighted by Crippen LogP contribution is 2.33. The first kappa shape index (κ1) is 10.4. The second-order valence-electron chi connectivity index (χ2n) is 3.61. The number of thiophene rings is 1. The van der Waals surface area contributed by atoms with E-state index in [9.17, 15) is 9.59 Å². The third-order valence-corrected chi connectivity index (χ3v) is 3.88. The Labute approximate surface area is 92.1 Å². The minimum absolute atomic E-state index is 0.0315. The van der Waals surface area contributed by atoms with Crippen LogP contribution in [0.1, 0.15) is 35.4 Å². The second kappa shape index (κ2) is 4.14. The van der Waals surface area contributed by atoms with Crippen LogP contribution in [0.5, 0.6) is 0 Å². The predicted octanol–water partition coefficient (Wildman–Crippen LogP) is 2.26. The Bertz CT molecular complexity index is 378. The van der Waals surface area contributed by atoms with Gasteiger partial charge in [0.1, 0.15) is 0 Å². The van der Waals surface area contributed by atoms with E-state index in [0.717, 1.165) is 11.3 Å². The summed E-state index contributed by atoms with van der Waals surface area (Å²) in [6.45, 7) is 2.09. The van der Waals surface area contributed by atoms with Crippen LogP contribution in [0.15, 0.2) is 12.1 Å². The van der Waals surface area contributed by atoms with E-state index >= 15 is 0 Å². The molecule has 1 aliphatic rings. The van der Waals surface area contributed by atoms with Gasteiger partial charge >= 0.3 is 11.9 Å². The van der Waals surface area contributed by atoms with Crippen molar-refractivity contribution in [3.63, 3.8) is 0 Å². The van der Waals surface area contributed by atoms with E-state index < -0.39 is 11.9 Å². The van der Waals surface area contributed by atoms with Crippen molar-refractivity contribution >= 4 is 23.3 Å². The van der Waals surface area contributed by atoms with E-state index in [1.165, 1.54) is 4.88 Å². The number of ether oxygens (including phenoxy) is 1. The summed E-state index contributed by atoms with van der Waals surface area (Å²) in [7, 11) is 0. The van der Waals surface area contributed by atoms with Gasteiger partial charge < -0.3 is 4.74 Å². The summed E-state index contributed by atoms with van der Waals surface area (Å²) in [5.41, 5.74) is 0. The van der Waals surface area contributed by atoms with Gasteiger partial charge in [0.05, 0.1) is 12.8 Å². The fourth-order valence-electron chi connectivity index (χ4n) is 1.69. The molecule has 2 heterocycles. The van der Waals surface area contributed by atoms with Crippen LogP contribution in [-0.4, -0.2) is 11.9 Å². The van der Waals surface area contributed by atoms with Crippen molar-refractivity contribution < 1.29 is 14.3 Å². The van der Waals surface area contributed by atoms with E-state index in [1.54, 1.807) is 11.3 Å². The van der Waals surface area contributed by atoms with Crippen LogP contribution in [0.3, 0.4) is 0 Å². The zero-order valence-corrected chi connectivity index (χ0v) is 9.30. The molecule has 0 amide bonds. The quantitative estimate of drug-likeness (QED) is 0.571. The van der Waals surface area contributed by atoms with Gasteiger partial charge in [0, 0.05) is 15.7 Å². The van der Waals surface area contributed by atoms with Gasteiger partial charge in [-0.2, -0.15) is 0 Å². The van der Waals surface area contributed by atoms with Crippen LogP contribution in [-0.2, 0) is 20.7 Å². The van der Waals surface area contributed by atoms with E-state index in [-0.39, 0.29) is 5.92 Å². The lowest BCUT2D eigenvalue weighted by molar-refractivity contribution is -0.163. The van der Waals surface area contributed by atoms with E-state index in [2.05, 4.69) is 17.7 Å². The lowest BCUT2D eigenvalue weighted by Gasteiger charge is -2.18. The van der Waals surface area contributed by atoms with Crippen LogP contribution >= 0.6 is 11.3 Å². The molecule has 0 atom stereocenters. The fraction of sp³-hybridized carbons (Fsp3) is 0.455. The smallest absolute Gasteiger partial charge is 0.314 e. The first-order chi connectivity index (χ1) is 7.19. The monoisotopic (exact) mass is 224 g/mol. The third kappa shape index (κ3) is 2.26. The number of hydrogen-bond donors (Lipinski definition) is 0. The highest BCUT2D eigenvalue weighted by Gasteiger charge is 2.29. The fourth-order valence-corrected chi connectivity index (χ4v) is 2.74. The molecular weight excluding hydrogens is 212 g/mol. The SMILES string of the molecule is CCc1ccc(C2CC(=O)OC(=O)C2)s1. The van der Waals surface area contributed by atoms with Crippen molar-refractivity contribution in [1.29, 1.82) is 0 Å². The van der Waals surface area contributed by atoms with Crippen molar-refractivity contribution in [2.45, 2.75) is 32.1 Å². The number of cyclic esters (lactones) is 2. The number of carbonyl (C=O) groups is 2. The van der Waals surface area contributed by atoms with Crippen LogP contribution in [0, 0.1) is 0 Å². The summed E-state index contributed by atoms with van der Waals surface area (Å²) >= 11 is 1.68. The van der Waals surface area contributed by atoms with Crippen LogP contribution in [0.25, 0.3) is 0 Å². The molecule has 0 radical (unpaired) electrons. The topological polar surface area (TPSA) is 43.4 Å². The Balaban J connectivity index is 2.15. The van der Waals surface area contributed by atoms with Gasteiger partial charge in [0.2, 0.25) is 0 Å². The largest absolute Gasteiger partial charge is 0.393 e. The van der Waals surface area contributed by atoms with Crippen molar-refractivity contribution in [2.75, 3.05) is 0 Å². The van der Waals surface area contributed by atoms with Gasteiger partial charge in [-0.3, -0.25) is 9.59 Å². The molecule has 0 unspecified atom stereocenters. The Morgan fingerprint density at radius 1 is 1.33 bits per heavy atom. The summed E-state index contributed by atoms with van der Waals surface area (Å²) in [4.78, 5) is 24.6. The lowest BCUT2D eigenvalue weighted by atomic mass is 9.98. The molecule has 0 saturated carbocycles. The van der Waals surface area contributed by atoms with Gasteiger partial charge in [0.25, 0.3) is 0 Å².